The third-order valence-corrected chi connectivity index (χ3v) is 3.94. The predicted molar refractivity (Wildman–Crippen MR) is 80.4 cm³/mol. The molecule has 0 N–H and O–H groups in total. The van der Waals surface area contributed by atoms with Crippen LogP contribution in [0, 0.1) is 0 Å². The fourth-order valence-electron chi connectivity index (χ4n) is 2.75. The van der Waals surface area contributed by atoms with E-state index in [0.717, 1.165) is 31.2 Å². The van der Waals surface area contributed by atoms with Gasteiger partial charge in [-0.1, -0.05) is 24.6 Å². The number of benzene rings is 1. The van der Waals surface area contributed by atoms with Crippen molar-refractivity contribution in [1.82, 2.24) is 4.98 Å². The molecule has 2 atom stereocenters. The number of aromatic nitrogens is 1. The first-order chi connectivity index (χ1) is 10.8. The number of ether oxygens (including phenoxy) is 2. The minimum absolute atomic E-state index is 0.0294. The fourth-order valence-corrected chi connectivity index (χ4v) is 2.75. The van der Waals surface area contributed by atoms with Gasteiger partial charge in [0.1, 0.15) is 12.4 Å². The molecule has 0 amide bonds. The Labute approximate surface area is 129 Å². The fraction of sp³-hybridized carbons (Fsp3) is 0.412. The summed E-state index contributed by atoms with van der Waals surface area (Å²) in [6, 6.07) is 9.45. The molecule has 1 fully saturated rings. The lowest BCUT2D eigenvalue weighted by atomic mass is 9.94. The average molecular weight is 301 g/mol. The lowest BCUT2D eigenvalue weighted by Gasteiger charge is -2.29. The molecule has 1 aromatic carbocycles. The van der Waals surface area contributed by atoms with E-state index in [0.29, 0.717) is 5.89 Å². The van der Waals surface area contributed by atoms with Crippen molar-refractivity contribution in [3.8, 4) is 11.5 Å². The average Bonchev–Trinajstić information content (AvgIpc) is 3.06. The van der Waals surface area contributed by atoms with Gasteiger partial charge in [0.2, 0.25) is 5.89 Å². The minimum Gasteiger partial charge on any atom is -0.455 e. The molecule has 0 radical (unpaired) electrons. The van der Waals surface area contributed by atoms with Crippen LogP contribution in [0.3, 0.4) is 0 Å². The van der Waals surface area contributed by atoms with Crippen LogP contribution in [0.2, 0.25) is 0 Å². The normalized spacial score (nSPS) is 21.5. The quantitative estimate of drug-likeness (QED) is 0.809. The highest BCUT2D eigenvalue weighted by atomic mass is 16.6. The highest BCUT2D eigenvalue weighted by Crippen LogP contribution is 2.25. The molecule has 116 valence electrons. The molecule has 2 aromatic rings. The first-order valence-corrected chi connectivity index (χ1v) is 7.52. The molecule has 0 spiro atoms. The molecule has 5 heteroatoms. The number of rotatable bonds is 4. The molecule has 1 aliphatic carbocycles. The van der Waals surface area contributed by atoms with Crippen molar-refractivity contribution in [3.63, 3.8) is 0 Å². The van der Waals surface area contributed by atoms with E-state index in [9.17, 15) is 4.79 Å². The third kappa shape index (κ3) is 3.20. The van der Waals surface area contributed by atoms with Crippen molar-refractivity contribution in [2.45, 2.75) is 37.9 Å². The molecule has 0 bridgehead atoms. The summed E-state index contributed by atoms with van der Waals surface area (Å²) in [4.78, 5) is 16.4. The Kier molecular flexibility index (Phi) is 4.53. The monoisotopic (exact) mass is 301 g/mol. The van der Waals surface area contributed by atoms with Crippen LogP contribution in [-0.4, -0.2) is 30.3 Å². The van der Waals surface area contributed by atoms with Crippen LogP contribution in [0.25, 0.3) is 11.5 Å². The van der Waals surface area contributed by atoms with E-state index >= 15 is 0 Å². The molecule has 5 nitrogen and oxygen atoms in total. The first kappa shape index (κ1) is 14.8. The maximum absolute atomic E-state index is 12.2. The molecule has 1 aromatic heterocycles. The Morgan fingerprint density at radius 2 is 1.91 bits per heavy atom. The topological polar surface area (TPSA) is 61.6 Å². The minimum atomic E-state index is -0.458. The van der Waals surface area contributed by atoms with Crippen LogP contribution in [0.5, 0.6) is 0 Å². The SMILES string of the molecule is CO[C@@H]1CCCC[C@@H]1OC(=O)c1coc(-c2ccccc2)n1. The number of carbonyl (C=O) groups is 1. The van der Waals surface area contributed by atoms with Gasteiger partial charge < -0.3 is 13.9 Å². The second-order valence-corrected chi connectivity index (χ2v) is 5.41. The number of hydrogen-bond acceptors (Lipinski definition) is 5. The van der Waals surface area contributed by atoms with Crippen molar-refractivity contribution in [1.29, 1.82) is 0 Å². The van der Waals surface area contributed by atoms with E-state index in [1.165, 1.54) is 6.26 Å². The molecule has 3 rings (SSSR count). The summed E-state index contributed by atoms with van der Waals surface area (Å²) in [5.74, 6) is -0.0423. The van der Waals surface area contributed by atoms with Gasteiger partial charge in [0.15, 0.2) is 5.69 Å². The van der Waals surface area contributed by atoms with Gasteiger partial charge in [0.25, 0.3) is 0 Å². The zero-order chi connectivity index (χ0) is 15.4. The zero-order valence-corrected chi connectivity index (χ0v) is 12.5. The zero-order valence-electron chi connectivity index (χ0n) is 12.5. The van der Waals surface area contributed by atoms with Crippen LogP contribution in [0.1, 0.15) is 36.2 Å². The number of nitrogens with zero attached hydrogens (tertiary/aromatic N) is 1. The van der Waals surface area contributed by atoms with Crippen LogP contribution >= 0.6 is 0 Å². The van der Waals surface area contributed by atoms with Gasteiger partial charge >= 0.3 is 5.97 Å². The van der Waals surface area contributed by atoms with Gasteiger partial charge in [-0.25, -0.2) is 9.78 Å². The molecule has 22 heavy (non-hydrogen) atoms. The molecular weight excluding hydrogens is 282 g/mol. The van der Waals surface area contributed by atoms with Gasteiger partial charge in [-0.15, -0.1) is 0 Å². The molecule has 1 heterocycles. The molecule has 0 unspecified atom stereocenters. The Morgan fingerprint density at radius 3 is 2.64 bits per heavy atom. The van der Waals surface area contributed by atoms with Crippen LogP contribution in [0.4, 0.5) is 0 Å². The Hall–Kier alpha value is -2.14. The summed E-state index contributed by atoms with van der Waals surface area (Å²) in [6.45, 7) is 0. The van der Waals surface area contributed by atoms with Gasteiger partial charge in [-0.3, -0.25) is 0 Å². The van der Waals surface area contributed by atoms with Crippen molar-refractivity contribution in [2.24, 2.45) is 0 Å². The van der Waals surface area contributed by atoms with Crippen molar-refractivity contribution >= 4 is 5.97 Å². The lowest BCUT2D eigenvalue weighted by Crippen LogP contribution is -2.35. The van der Waals surface area contributed by atoms with Crippen LogP contribution < -0.4 is 0 Å². The smallest absolute Gasteiger partial charge is 0.360 e. The van der Waals surface area contributed by atoms with Gasteiger partial charge in [-0.05, 0) is 31.4 Å². The van der Waals surface area contributed by atoms with E-state index in [1.807, 2.05) is 30.3 Å². The lowest BCUT2D eigenvalue weighted by molar-refractivity contribution is -0.0542. The summed E-state index contributed by atoms with van der Waals surface area (Å²) >= 11 is 0. The van der Waals surface area contributed by atoms with E-state index < -0.39 is 5.97 Å². The van der Waals surface area contributed by atoms with Gasteiger partial charge in [-0.2, -0.15) is 0 Å². The molecule has 1 aliphatic rings. The number of carbonyl (C=O) groups excluding carboxylic acids is 1. The van der Waals surface area contributed by atoms with Crippen molar-refractivity contribution in [3.05, 3.63) is 42.3 Å². The van der Waals surface area contributed by atoms with E-state index in [-0.39, 0.29) is 17.9 Å². The number of oxazole rings is 1. The van der Waals surface area contributed by atoms with Gasteiger partial charge in [0, 0.05) is 12.7 Å². The summed E-state index contributed by atoms with van der Waals surface area (Å²) < 4.78 is 16.3. The first-order valence-electron chi connectivity index (χ1n) is 7.52. The Morgan fingerprint density at radius 1 is 1.18 bits per heavy atom. The number of hydrogen-bond donors (Lipinski definition) is 0. The third-order valence-electron chi connectivity index (χ3n) is 3.94. The van der Waals surface area contributed by atoms with Gasteiger partial charge in [0.05, 0.1) is 6.10 Å². The summed E-state index contributed by atoms with van der Waals surface area (Å²) in [5.41, 5.74) is 1.02. The maximum Gasteiger partial charge on any atom is 0.360 e. The molecule has 0 aliphatic heterocycles. The molecule has 0 saturated heterocycles. The number of methoxy groups -OCH3 is 1. The standard InChI is InChI=1S/C17H19NO4/c1-20-14-9-5-6-10-15(14)22-17(19)13-11-21-16(18-13)12-7-3-2-4-8-12/h2-4,7-8,11,14-15H,5-6,9-10H2,1H3/t14-,15+/m1/s1. The summed E-state index contributed by atoms with van der Waals surface area (Å²) in [6.07, 6.45) is 5.01. The van der Waals surface area contributed by atoms with Crippen molar-refractivity contribution in [2.75, 3.05) is 7.11 Å². The second-order valence-electron chi connectivity index (χ2n) is 5.41. The molecule has 1 saturated carbocycles. The number of esters is 1. The van der Waals surface area contributed by atoms with Crippen LogP contribution in [-0.2, 0) is 9.47 Å². The van der Waals surface area contributed by atoms with E-state index in [4.69, 9.17) is 13.9 Å². The van der Waals surface area contributed by atoms with E-state index in [1.54, 1.807) is 7.11 Å². The highest BCUT2D eigenvalue weighted by Gasteiger charge is 2.29. The predicted octanol–water partition coefficient (Wildman–Crippen LogP) is 3.46. The van der Waals surface area contributed by atoms with Crippen molar-refractivity contribution < 1.29 is 18.7 Å². The Bertz CT molecular complexity index is 623. The summed E-state index contributed by atoms with van der Waals surface area (Å²) in [7, 11) is 1.65. The largest absolute Gasteiger partial charge is 0.455 e. The second kappa shape index (κ2) is 6.75. The highest BCUT2D eigenvalue weighted by molar-refractivity contribution is 5.87. The molecular formula is C17H19NO4. The van der Waals surface area contributed by atoms with Crippen LogP contribution in [0.15, 0.2) is 41.0 Å². The Balaban J connectivity index is 1.69. The maximum atomic E-state index is 12.2. The summed E-state index contributed by atoms with van der Waals surface area (Å²) in [5, 5.41) is 0. The van der Waals surface area contributed by atoms with E-state index in [2.05, 4.69) is 4.98 Å².